The molecule has 1 saturated carbocycles. The molecule has 0 spiro atoms. The topological polar surface area (TPSA) is 103 Å². The number of hydrogen-bond donors (Lipinski definition) is 2. The number of imidazole rings is 1. The lowest BCUT2D eigenvalue weighted by atomic mass is 9.93. The zero-order chi connectivity index (χ0) is 26.3. The summed E-state index contributed by atoms with van der Waals surface area (Å²) >= 11 is 0. The fourth-order valence-corrected chi connectivity index (χ4v) is 4.77. The Kier molecular flexibility index (Phi) is 6.60. The number of rotatable bonds is 7. The lowest BCUT2D eigenvalue weighted by molar-refractivity contribution is -0.345. The summed E-state index contributed by atoms with van der Waals surface area (Å²) in [6.45, 7) is 1.16. The number of fused-ring (bicyclic) bond motifs is 2. The van der Waals surface area contributed by atoms with Gasteiger partial charge in [-0.3, -0.25) is 4.74 Å². The first kappa shape index (κ1) is 25.1. The molecule has 4 aromatic rings. The lowest BCUT2D eigenvalue weighted by Crippen LogP contribution is -2.33. The molecule has 4 heterocycles. The molecular weight excluding hydrogens is 501 g/mol. The van der Waals surface area contributed by atoms with Crippen LogP contribution in [-0.4, -0.2) is 61.5 Å². The normalized spacial score (nSPS) is 18.7. The fourth-order valence-electron chi connectivity index (χ4n) is 4.77. The van der Waals surface area contributed by atoms with E-state index in [-0.39, 0.29) is 30.7 Å². The summed E-state index contributed by atoms with van der Waals surface area (Å²) in [5, 5.41) is 3.76. The third-order valence-electron chi connectivity index (χ3n) is 6.43. The number of alkyl halides is 5. The molecule has 0 aliphatic heterocycles. The van der Waals surface area contributed by atoms with E-state index < -0.39 is 25.4 Å². The van der Waals surface area contributed by atoms with Crippen LogP contribution < -0.4 is 10.1 Å². The first-order chi connectivity index (χ1) is 17.6. The van der Waals surface area contributed by atoms with Crippen LogP contribution in [0.15, 0.2) is 18.5 Å². The van der Waals surface area contributed by atoms with Crippen LogP contribution in [-0.2, 0) is 11.3 Å². The van der Waals surface area contributed by atoms with E-state index in [1.54, 1.807) is 25.4 Å². The summed E-state index contributed by atoms with van der Waals surface area (Å²) < 4.78 is 74.7. The predicted octanol–water partition coefficient (Wildman–Crippen LogP) is 5.21. The van der Waals surface area contributed by atoms with E-state index in [2.05, 4.69) is 35.0 Å². The maximum absolute atomic E-state index is 13.1. The fraction of sp³-hybridized carbons (Fsp3) is 0.478. The number of aryl methyl sites for hydroxylation is 1. The number of pyridine rings is 1. The molecule has 0 aromatic carbocycles. The minimum Gasteiger partial charge on any atom is -0.480 e. The maximum Gasteiger partial charge on any atom is 0.522 e. The van der Waals surface area contributed by atoms with Gasteiger partial charge in [-0.15, -0.1) is 13.2 Å². The predicted molar refractivity (Wildman–Crippen MR) is 125 cm³/mol. The number of nitrogens with zero attached hydrogens (tertiary/aromatic N) is 5. The molecule has 0 unspecified atom stereocenters. The van der Waals surface area contributed by atoms with Gasteiger partial charge in [0.25, 0.3) is 6.43 Å². The quantitative estimate of drug-likeness (QED) is 0.319. The number of aromatic nitrogens is 6. The van der Waals surface area contributed by atoms with Gasteiger partial charge >= 0.3 is 6.36 Å². The Balaban J connectivity index is 1.41. The highest BCUT2D eigenvalue weighted by Gasteiger charge is 2.35. The molecule has 1 aliphatic carbocycles. The zero-order valence-corrected chi connectivity index (χ0v) is 19.9. The minimum absolute atomic E-state index is 0.116. The van der Waals surface area contributed by atoms with Crippen molar-refractivity contribution in [2.45, 2.75) is 64.1 Å². The van der Waals surface area contributed by atoms with Gasteiger partial charge in [-0.05, 0) is 38.7 Å². The molecule has 9 nitrogen and oxygen atoms in total. The number of methoxy groups -OCH3 is 1. The SMILES string of the molecule is COc1nc(N[C@H]2CC[C@@H](OC(F)(F)F)CC2)nc2[nH]cc(-c3cnc4nc(C)n(CC(F)F)c4c3)c12. The summed E-state index contributed by atoms with van der Waals surface area (Å²) in [5.74, 6) is 0.988. The minimum atomic E-state index is -4.64. The van der Waals surface area contributed by atoms with Crippen molar-refractivity contribution < 1.29 is 31.4 Å². The standard InChI is InChI=1S/C23H24F5N7O2/c1-11-31-19-16(35(11)10-17(24)25)7-12(8-29-19)15-9-30-20-18(15)21(36-2)34-22(33-20)32-13-3-5-14(6-4-13)37-23(26,27)28/h7-9,13-14,17H,3-6,10H2,1-2H3,(H2,30,32,33,34)/t13-,14+. The van der Waals surface area contributed by atoms with Gasteiger partial charge in [0.05, 0.1) is 30.7 Å². The van der Waals surface area contributed by atoms with Crippen molar-refractivity contribution >= 4 is 28.1 Å². The van der Waals surface area contributed by atoms with Gasteiger partial charge < -0.3 is 19.6 Å². The van der Waals surface area contributed by atoms with E-state index in [1.807, 2.05) is 0 Å². The third-order valence-corrected chi connectivity index (χ3v) is 6.43. The van der Waals surface area contributed by atoms with Gasteiger partial charge in [-0.25, -0.2) is 18.7 Å². The highest BCUT2D eigenvalue weighted by atomic mass is 19.4. The largest absolute Gasteiger partial charge is 0.522 e. The Morgan fingerprint density at radius 1 is 1.16 bits per heavy atom. The molecule has 1 aliphatic rings. The Labute approximate surface area is 207 Å². The Morgan fingerprint density at radius 2 is 1.92 bits per heavy atom. The van der Waals surface area contributed by atoms with Crippen LogP contribution in [0.2, 0.25) is 0 Å². The second-order valence-electron chi connectivity index (χ2n) is 8.89. The molecular formula is C23H24F5N7O2. The van der Waals surface area contributed by atoms with Gasteiger partial charge in [0, 0.05) is 29.6 Å². The van der Waals surface area contributed by atoms with Crippen molar-refractivity contribution in [3.63, 3.8) is 0 Å². The monoisotopic (exact) mass is 525 g/mol. The van der Waals surface area contributed by atoms with Crippen molar-refractivity contribution in [3.05, 3.63) is 24.3 Å². The Hall–Kier alpha value is -3.55. The number of halogens is 5. The average Bonchev–Trinajstić information content (AvgIpc) is 3.39. The molecule has 37 heavy (non-hydrogen) atoms. The average molecular weight is 525 g/mol. The zero-order valence-electron chi connectivity index (χ0n) is 19.9. The van der Waals surface area contributed by atoms with Crippen LogP contribution in [0.25, 0.3) is 33.3 Å². The van der Waals surface area contributed by atoms with Crippen LogP contribution in [0.5, 0.6) is 5.88 Å². The van der Waals surface area contributed by atoms with Crippen molar-refractivity contribution in [2.75, 3.05) is 12.4 Å². The molecule has 0 atom stereocenters. The highest BCUT2D eigenvalue weighted by molar-refractivity contribution is 5.98. The summed E-state index contributed by atoms with van der Waals surface area (Å²) in [4.78, 5) is 20.7. The molecule has 14 heteroatoms. The van der Waals surface area contributed by atoms with E-state index in [0.29, 0.717) is 52.0 Å². The van der Waals surface area contributed by atoms with E-state index in [0.717, 1.165) is 0 Å². The van der Waals surface area contributed by atoms with E-state index in [4.69, 9.17) is 4.74 Å². The molecule has 0 amide bonds. The molecule has 5 rings (SSSR count). The first-order valence-corrected chi connectivity index (χ1v) is 11.7. The lowest BCUT2D eigenvalue weighted by Gasteiger charge is -2.29. The highest BCUT2D eigenvalue weighted by Crippen LogP contribution is 2.36. The molecule has 198 valence electrons. The molecule has 1 fully saturated rings. The number of hydrogen-bond acceptors (Lipinski definition) is 7. The molecule has 2 N–H and O–H groups in total. The molecule has 0 bridgehead atoms. The van der Waals surface area contributed by atoms with Gasteiger partial charge in [-0.1, -0.05) is 0 Å². The van der Waals surface area contributed by atoms with Crippen molar-refractivity contribution in [1.82, 2.24) is 29.5 Å². The Bertz CT molecular complexity index is 1410. The van der Waals surface area contributed by atoms with Crippen LogP contribution in [0.4, 0.5) is 27.9 Å². The van der Waals surface area contributed by atoms with Crippen LogP contribution in [0.3, 0.4) is 0 Å². The van der Waals surface area contributed by atoms with Gasteiger partial charge in [-0.2, -0.15) is 9.97 Å². The maximum atomic E-state index is 13.1. The smallest absolute Gasteiger partial charge is 0.480 e. The molecule has 0 radical (unpaired) electrons. The van der Waals surface area contributed by atoms with Crippen molar-refractivity contribution in [1.29, 1.82) is 0 Å². The number of aromatic amines is 1. The number of anilines is 1. The van der Waals surface area contributed by atoms with Crippen LogP contribution in [0.1, 0.15) is 31.5 Å². The second kappa shape index (κ2) is 9.72. The van der Waals surface area contributed by atoms with E-state index in [1.165, 1.54) is 11.7 Å². The van der Waals surface area contributed by atoms with E-state index in [9.17, 15) is 22.0 Å². The first-order valence-electron chi connectivity index (χ1n) is 11.7. The molecule has 4 aromatic heterocycles. The van der Waals surface area contributed by atoms with E-state index >= 15 is 0 Å². The van der Waals surface area contributed by atoms with Crippen LogP contribution in [0, 0.1) is 6.92 Å². The number of H-pyrrole nitrogens is 1. The van der Waals surface area contributed by atoms with Crippen LogP contribution >= 0.6 is 0 Å². The summed E-state index contributed by atoms with van der Waals surface area (Å²) in [6.07, 6.45) is -3.27. The van der Waals surface area contributed by atoms with Crippen molar-refractivity contribution in [2.24, 2.45) is 0 Å². The van der Waals surface area contributed by atoms with Gasteiger partial charge in [0.2, 0.25) is 11.8 Å². The third kappa shape index (κ3) is 5.29. The summed E-state index contributed by atoms with van der Waals surface area (Å²) in [6, 6.07) is 1.62. The molecule has 0 saturated heterocycles. The van der Waals surface area contributed by atoms with Crippen molar-refractivity contribution in [3.8, 4) is 17.0 Å². The Morgan fingerprint density at radius 3 is 2.59 bits per heavy atom. The number of ether oxygens (including phenoxy) is 2. The second-order valence-corrected chi connectivity index (χ2v) is 8.89. The summed E-state index contributed by atoms with van der Waals surface area (Å²) in [7, 11) is 1.46. The number of nitrogens with one attached hydrogen (secondary N) is 2. The van der Waals surface area contributed by atoms with Gasteiger partial charge in [0.1, 0.15) is 11.5 Å². The van der Waals surface area contributed by atoms with Gasteiger partial charge in [0.15, 0.2) is 5.65 Å². The summed E-state index contributed by atoms with van der Waals surface area (Å²) in [5.41, 5.74) is 2.62.